The Morgan fingerprint density at radius 2 is 1.58 bits per heavy atom. The molecule has 5 nitrogen and oxygen atoms in total. The Labute approximate surface area is 114 Å². The van der Waals surface area contributed by atoms with Crippen molar-refractivity contribution in [3.63, 3.8) is 0 Å². The fourth-order valence-corrected chi connectivity index (χ4v) is 2.41. The lowest BCUT2D eigenvalue weighted by atomic mass is 9.81. The van der Waals surface area contributed by atoms with Crippen LogP contribution in [0.5, 0.6) is 0 Å². The van der Waals surface area contributed by atoms with E-state index in [1.807, 2.05) is 12.1 Å². The first kappa shape index (κ1) is 15.4. The van der Waals surface area contributed by atoms with E-state index in [1.165, 1.54) is 12.8 Å². The molecule has 0 amide bonds. The summed E-state index contributed by atoms with van der Waals surface area (Å²) >= 11 is 0. The molecule has 0 N–H and O–H groups in total. The molecule has 2 saturated heterocycles. The Hall–Kier alpha value is -1.61. The summed E-state index contributed by atoms with van der Waals surface area (Å²) < 4.78 is 10.4. The van der Waals surface area contributed by atoms with Crippen molar-refractivity contribution >= 4 is 0 Å². The fourth-order valence-electron chi connectivity index (χ4n) is 2.41. The highest BCUT2D eigenvalue weighted by Crippen LogP contribution is 2.39. The first-order chi connectivity index (χ1) is 9.29. The second-order valence-corrected chi connectivity index (χ2v) is 4.75. The normalized spacial score (nSPS) is 23.5. The summed E-state index contributed by atoms with van der Waals surface area (Å²) in [6.45, 7) is 2.55. The number of nitrogens with zero attached hydrogens (tertiary/aromatic N) is 3. The van der Waals surface area contributed by atoms with Gasteiger partial charge in [-0.2, -0.15) is 15.8 Å². The molecule has 1 unspecified atom stereocenters. The van der Waals surface area contributed by atoms with Crippen LogP contribution in [0.1, 0.15) is 38.5 Å². The second-order valence-electron chi connectivity index (χ2n) is 4.75. The van der Waals surface area contributed by atoms with Gasteiger partial charge in [-0.25, -0.2) is 0 Å². The van der Waals surface area contributed by atoms with E-state index in [0.717, 1.165) is 19.6 Å². The largest absolute Gasteiger partial charge is 0.381 e. The van der Waals surface area contributed by atoms with Crippen molar-refractivity contribution < 1.29 is 9.47 Å². The average molecular weight is 261 g/mol. The zero-order valence-electron chi connectivity index (χ0n) is 11.1. The Kier molecular flexibility index (Phi) is 6.90. The molecule has 0 spiro atoms. The zero-order valence-corrected chi connectivity index (χ0v) is 11.1. The Bertz CT molecular complexity index is 361. The minimum absolute atomic E-state index is 0.0341. The lowest BCUT2D eigenvalue weighted by molar-refractivity contribution is -0.0129. The van der Waals surface area contributed by atoms with Gasteiger partial charge in [0, 0.05) is 32.2 Å². The van der Waals surface area contributed by atoms with Crippen LogP contribution in [0.4, 0.5) is 0 Å². The van der Waals surface area contributed by atoms with Crippen molar-refractivity contribution in [3.8, 4) is 18.2 Å². The van der Waals surface area contributed by atoms with Crippen LogP contribution in [-0.2, 0) is 9.47 Å². The van der Waals surface area contributed by atoms with E-state index in [0.29, 0.717) is 13.0 Å². The van der Waals surface area contributed by atoms with Gasteiger partial charge in [-0.05, 0) is 19.3 Å². The van der Waals surface area contributed by atoms with Gasteiger partial charge < -0.3 is 9.47 Å². The molecule has 19 heavy (non-hydrogen) atoms. The van der Waals surface area contributed by atoms with Gasteiger partial charge in [0.1, 0.15) is 0 Å². The van der Waals surface area contributed by atoms with Crippen molar-refractivity contribution in [1.82, 2.24) is 0 Å². The molecule has 0 aromatic carbocycles. The molecule has 2 heterocycles. The van der Waals surface area contributed by atoms with Gasteiger partial charge in [-0.1, -0.05) is 0 Å². The van der Waals surface area contributed by atoms with Crippen LogP contribution in [0.15, 0.2) is 0 Å². The average Bonchev–Trinajstić information content (AvgIpc) is 3.05. The Morgan fingerprint density at radius 3 is 2.00 bits per heavy atom. The molecule has 2 aliphatic rings. The molecule has 0 saturated carbocycles. The van der Waals surface area contributed by atoms with E-state index < -0.39 is 5.60 Å². The van der Waals surface area contributed by atoms with Crippen molar-refractivity contribution in [3.05, 3.63) is 0 Å². The molecule has 2 aliphatic heterocycles. The van der Waals surface area contributed by atoms with E-state index in [9.17, 15) is 0 Å². The lowest BCUT2D eigenvalue weighted by Crippen LogP contribution is -2.34. The van der Waals surface area contributed by atoms with Gasteiger partial charge in [0.15, 0.2) is 0 Å². The first-order valence-electron chi connectivity index (χ1n) is 6.61. The minimum Gasteiger partial charge on any atom is -0.381 e. The van der Waals surface area contributed by atoms with E-state index in [-0.39, 0.29) is 18.8 Å². The fraction of sp³-hybridized carbons (Fsp3) is 0.786. The predicted octanol–water partition coefficient (Wildman–Crippen LogP) is 2.30. The molecule has 0 radical (unpaired) electrons. The standard InChI is InChI=1S/C10H11N3O.C4H8O/c11-5-1-9-2-8-14-10(9,3-6-12)4-7-13;1-2-4-5-3-1/h9H,1-4,8H2;1-4H2. The zero-order chi connectivity index (χ0) is 14.0. The highest BCUT2D eigenvalue weighted by Gasteiger charge is 2.43. The monoisotopic (exact) mass is 261 g/mol. The number of ether oxygens (including phenoxy) is 2. The topological polar surface area (TPSA) is 89.8 Å². The van der Waals surface area contributed by atoms with E-state index >= 15 is 0 Å². The van der Waals surface area contributed by atoms with E-state index in [4.69, 9.17) is 25.3 Å². The van der Waals surface area contributed by atoms with Crippen LogP contribution in [0.3, 0.4) is 0 Å². The molecule has 102 valence electrons. The quantitative estimate of drug-likeness (QED) is 0.777. The molecule has 0 aromatic heterocycles. The van der Waals surface area contributed by atoms with Crippen LogP contribution >= 0.6 is 0 Å². The summed E-state index contributed by atoms with van der Waals surface area (Å²) in [5, 5.41) is 26.0. The van der Waals surface area contributed by atoms with Crippen molar-refractivity contribution in [2.75, 3.05) is 19.8 Å². The van der Waals surface area contributed by atoms with Crippen LogP contribution in [0.25, 0.3) is 0 Å². The summed E-state index contributed by atoms with van der Waals surface area (Å²) in [5.41, 5.74) is -0.681. The number of hydrogen-bond donors (Lipinski definition) is 0. The summed E-state index contributed by atoms with van der Waals surface area (Å²) in [5.74, 6) is 0.0341. The van der Waals surface area contributed by atoms with Crippen LogP contribution in [-0.4, -0.2) is 25.4 Å². The summed E-state index contributed by atoms with van der Waals surface area (Å²) in [6.07, 6.45) is 4.10. The third-order valence-corrected chi connectivity index (χ3v) is 3.52. The maximum absolute atomic E-state index is 8.68. The van der Waals surface area contributed by atoms with Gasteiger partial charge in [0.25, 0.3) is 0 Å². The lowest BCUT2D eigenvalue weighted by Gasteiger charge is -2.28. The molecular formula is C14H19N3O2. The molecule has 0 aliphatic carbocycles. The van der Waals surface area contributed by atoms with Gasteiger partial charge in [0.05, 0.1) is 36.7 Å². The highest BCUT2D eigenvalue weighted by molar-refractivity contribution is 5.05. The van der Waals surface area contributed by atoms with Gasteiger partial charge in [0.2, 0.25) is 0 Å². The SMILES string of the molecule is C1CCOC1.N#CCC1CCOC1(CC#N)CC#N. The Balaban J connectivity index is 0.000000300. The predicted molar refractivity (Wildman–Crippen MR) is 67.5 cm³/mol. The van der Waals surface area contributed by atoms with Crippen LogP contribution < -0.4 is 0 Å². The van der Waals surface area contributed by atoms with Crippen molar-refractivity contribution in [2.24, 2.45) is 5.92 Å². The highest BCUT2D eigenvalue weighted by atomic mass is 16.5. The van der Waals surface area contributed by atoms with Crippen LogP contribution in [0.2, 0.25) is 0 Å². The minimum atomic E-state index is -0.681. The second kappa shape index (κ2) is 8.48. The van der Waals surface area contributed by atoms with Crippen molar-refractivity contribution in [1.29, 1.82) is 15.8 Å². The third kappa shape index (κ3) is 4.52. The van der Waals surface area contributed by atoms with Gasteiger partial charge in [-0.15, -0.1) is 0 Å². The molecular weight excluding hydrogens is 242 g/mol. The van der Waals surface area contributed by atoms with Gasteiger partial charge in [-0.3, -0.25) is 0 Å². The Morgan fingerprint density at radius 1 is 0.947 bits per heavy atom. The van der Waals surface area contributed by atoms with E-state index in [1.54, 1.807) is 0 Å². The van der Waals surface area contributed by atoms with Crippen LogP contribution in [0, 0.1) is 39.9 Å². The number of rotatable bonds is 3. The summed E-state index contributed by atoms with van der Waals surface area (Å²) in [4.78, 5) is 0. The van der Waals surface area contributed by atoms with E-state index in [2.05, 4.69) is 6.07 Å². The van der Waals surface area contributed by atoms with Gasteiger partial charge >= 0.3 is 0 Å². The summed E-state index contributed by atoms with van der Waals surface area (Å²) in [6, 6.07) is 6.16. The molecule has 0 bridgehead atoms. The molecule has 2 rings (SSSR count). The molecule has 2 fully saturated rings. The molecule has 5 heteroatoms. The maximum Gasteiger partial charge on any atom is 0.0979 e. The third-order valence-electron chi connectivity index (χ3n) is 3.52. The summed E-state index contributed by atoms with van der Waals surface area (Å²) in [7, 11) is 0. The smallest absolute Gasteiger partial charge is 0.0979 e. The molecule has 1 atom stereocenters. The first-order valence-corrected chi connectivity index (χ1v) is 6.61. The van der Waals surface area contributed by atoms with Crippen molar-refractivity contribution in [2.45, 2.75) is 44.1 Å². The molecule has 0 aromatic rings. The maximum atomic E-state index is 8.68. The number of hydrogen-bond acceptors (Lipinski definition) is 5. The number of nitriles is 3.